The van der Waals surface area contributed by atoms with Crippen LogP contribution in [0.5, 0.6) is 0 Å². The van der Waals surface area contributed by atoms with Gasteiger partial charge in [0, 0.05) is 19.0 Å². The Morgan fingerprint density at radius 1 is 1.27 bits per heavy atom. The first kappa shape index (κ1) is 13.8. The number of nitrogens with one attached hydrogen (secondary N) is 1. The van der Waals surface area contributed by atoms with Crippen molar-refractivity contribution in [3.63, 3.8) is 0 Å². The molecule has 22 heavy (non-hydrogen) atoms. The summed E-state index contributed by atoms with van der Waals surface area (Å²) in [5, 5.41) is 20.6. The second-order valence-corrected chi connectivity index (χ2v) is 6.97. The molecule has 0 radical (unpaired) electrons. The first-order valence-electron chi connectivity index (χ1n) is 7.43. The molecule has 2 aromatic rings. The van der Waals surface area contributed by atoms with Gasteiger partial charge in [-0.2, -0.15) is 0 Å². The Morgan fingerprint density at radius 2 is 2.14 bits per heavy atom. The molecule has 0 saturated heterocycles. The van der Waals surface area contributed by atoms with E-state index in [-0.39, 0.29) is 5.91 Å². The molecule has 9 heteroatoms. The number of hydrogen-bond donors (Lipinski definition) is 1. The van der Waals surface area contributed by atoms with Crippen LogP contribution in [0.25, 0.3) is 0 Å². The van der Waals surface area contributed by atoms with Crippen LogP contribution in [0.3, 0.4) is 0 Å². The maximum absolute atomic E-state index is 12.1. The van der Waals surface area contributed by atoms with Gasteiger partial charge in [-0.05, 0) is 19.8 Å². The van der Waals surface area contributed by atoms with Crippen LogP contribution in [0, 0.1) is 6.92 Å². The number of carbonyl (C=O) groups excluding carboxylic acids is 1. The van der Waals surface area contributed by atoms with Gasteiger partial charge in [0.25, 0.3) is 0 Å². The number of carbonyl (C=O) groups is 1. The quantitative estimate of drug-likeness (QED) is 0.895. The number of aryl methyl sites for hydroxylation is 1. The average Bonchev–Trinajstić information content (AvgIpc) is 3.12. The number of fused-ring (bicyclic) bond motifs is 1. The van der Waals surface area contributed by atoms with E-state index in [9.17, 15) is 4.79 Å². The van der Waals surface area contributed by atoms with Crippen LogP contribution in [0.15, 0.2) is 0 Å². The van der Waals surface area contributed by atoms with Crippen molar-refractivity contribution in [2.75, 3.05) is 18.4 Å². The molecule has 0 unspecified atom stereocenters. The van der Waals surface area contributed by atoms with Crippen molar-refractivity contribution in [3.05, 3.63) is 16.7 Å². The third kappa shape index (κ3) is 2.73. The van der Waals surface area contributed by atoms with E-state index in [1.54, 1.807) is 0 Å². The monoisotopic (exact) mass is 319 g/mol. The number of aromatic nitrogens is 5. The predicted octanol–water partition coefficient (Wildman–Crippen LogP) is 0.770. The van der Waals surface area contributed by atoms with Gasteiger partial charge in [-0.3, -0.25) is 15.0 Å². The Kier molecular flexibility index (Phi) is 3.38. The molecule has 2 aromatic heterocycles. The standard InChI is InChI=1S/C13H17N7OS/c1-8-15-18-13(22-8)14-11(21)7-19-4-5-20-10(6-19)16-17-12(20)9-2-3-9/h9H,2-7H2,1H3,(H,14,18,21). The van der Waals surface area contributed by atoms with E-state index in [4.69, 9.17) is 0 Å². The molecule has 0 spiro atoms. The summed E-state index contributed by atoms with van der Waals surface area (Å²) in [4.78, 5) is 14.2. The molecule has 0 atom stereocenters. The molecule has 8 nitrogen and oxygen atoms in total. The number of rotatable bonds is 4. The smallest absolute Gasteiger partial charge is 0.240 e. The van der Waals surface area contributed by atoms with Crippen LogP contribution < -0.4 is 5.32 Å². The lowest BCUT2D eigenvalue weighted by atomic mass is 10.3. The summed E-state index contributed by atoms with van der Waals surface area (Å²) in [6.45, 7) is 4.57. The molecule has 1 saturated carbocycles. The summed E-state index contributed by atoms with van der Waals surface area (Å²) in [5.74, 6) is 2.64. The minimum absolute atomic E-state index is 0.0634. The van der Waals surface area contributed by atoms with Gasteiger partial charge in [0.1, 0.15) is 16.7 Å². The van der Waals surface area contributed by atoms with E-state index in [0.29, 0.717) is 24.1 Å². The number of amides is 1. The van der Waals surface area contributed by atoms with E-state index < -0.39 is 0 Å². The lowest BCUT2D eigenvalue weighted by Gasteiger charge is -2.26. The highest BCUT2D eigenvalue weighted by Gasteiger charge is 2.32. The van der Waals surface area contributed by atoms with Gasteiger partial charge >= 0.3 is 0 Å². The molecule has 1 fully saturated rings. The summed E-state index contributed by atoms with van der Waals surface area (Å²) in [5.41, 5.74) is 0. The maximum atomic E-state index is 12.1. The van der Waals surface area contributed by atoms with Gasteiger partial charge < -0.3 is 4.57 Å². The maximum Gasteiger partial charge on any atom is 0.240 e. The Bertz CT molecular complexity index is 705. The fourth-order valence-corrected chi connectivity index (χ4v) is 3.33. The van der Waals surface area contributed by atoms with Gasteiger partial charge in [0.05, 0.1) is 13.1 Å². The number of anilines is 1. The third-order valence-electron chi connectivity index (χ3n) is 3.94. The van der Waals surface area contributed by atoms with Crippen LogP contribution in [0.2, 0.25) is 0 Å². The molecule has 116 valence electrons. The van der Waals surface area contributed by atoms with Gasteiger partial charge in [0.2, 0.25) is 11.0 Å². The number of hydrogen-bond acceptors (Lipinski definition) is 7. The molecule has 0 aromatic carbocycles. The van der Waals surface area contributed by atoms with E-state index in [1.165, 1.54) is 24.2 Å². The average molecular weight is 319 g/mol. The molecule has 1 amide bonds. The summed E-state index contributed by atoms with van der Waals surface area (Å²) in [6, 6.07) is 0. The molecular formula is C13H17N7OS. The molecule has 1 N–H and O–H groups in total. The Morgan fingerprint density at radius 3 is 2.86 bits per heavy atom. The second-order valence-electron chi connectivity index (χ2n) is 5.79. The second kappa shape index (κ2) is 5.40. The fraction of sp³-hybridized carbons (Fsp3) is 0.615. The molecule has 1 aliphatic carbocycles. The van der Waals surface area contributed by atoms with Crippen molar-refractivity contribution in [2.24, 2.45) is 0 Å². The highest BCUT2D eigenvalue weighted by atomic mass is 32.1. The Hall–Kier alpha value is -1.87. The highest BCUT2D eigenvalue weighted by Crippen LogP contribution is 2.39. The topological polar surface area (TPSA) is 88.8 Å². The van der Waals surface area contributed by atoms with Crippen molar-refractivity contribution in [3.8, 4) is 0 Å². The van der Waals surface area contributed by atoms with Crippen LogP contribution in [-0.4, -0.2) is 48.9 Å². The van der Waals surface area contributed by atoms with E-state index >= 15 is 0 Å². The van der Waals surface area contributed by atoms with E-state index in [2.05, 4.69) is 35.2 Å². The van der Waals surface area contributed by atoms with Gasteiger partial charge in [-0.25, -0.2) is 0 Å². The normalized spacial score (nSPS) is 18.2. The largest absolute Gasteiger partial charge is 0.312 e. The molecule has 3 heterocycles. The first-order chi connectivity index (χ1) is 10.7. The van der Waals surface area contributed by atoms with Crippen LogP contribution >= 0.6 is 11.3 Å². The van der Waals surface area contributed by atoms with E-state index in [0.717, 1.165) is 29.7 Å². The highest BCUT2D eigenvalue weighted by molar-refractivity contribution is 7.15. The van der Waals surface area contributed by atoms with E-state index in [1.807, 2.05) is 6.92 Å². The van der Waals surface area contributed by atoms with Crippen molar-refractivity contribution >= 4 is 22.4 Å². The van der Waals surface area contributed by atoms with Crippen LogP contribution in [0.4, 0.5) is 5.13 Å². The lowest BCUT2D eigenvalue weighted by molar-refractivity contribution is -0.117. The predicted molar refractivity (Wildman–Crippen MR) is 80.5 cm³/mol. The minimum Gasteiger partial charge on any atom is -0.312 e. The summed E-state index contributed by atoms with van der Waals surface area (Å²) in [6.07, 6.45) is 2.46. The first-order valence-corrected chi connectivity index (χ1v) is 8.25. The molecule has 1 aliphatic heterocycles. The fourth-order valence-electron chi connectivity index (χ4n) is 2.72. The van der Waals surface area contributed by atoms with Crippen molar-refractivity contribution in [2.45, 2.75) is 38.8 Å². The summed E-state index contributed by atoms with van der Waals surface area (Å²) >= 11 is 1.38. The third-order valence-corrected chi connectivity index (χ3v) is 4.70. The molecule has 2 aliphatic rings. The van der Waals surface area contributed by atoms with Gasteiger partial charge in [0.15, 0.2) is 0 Å². The Balaban J connectivity index is 1.37. The SMILES string of the molecule is Cc1nnc(NC(=O)CN2CCn3c(nnc3C3CC3)C2)s1. The zero-order chi connectivity index (χ0) is 15.1. The Labute approximate surface area is 131 Å². The lowest BCUT2D eigenvalue weighted by Crippen LogP contribution is -2.39. The van der Waals surface area contributed by atoms with Gasteiger partial charge in [-0.1, -0.05) is 11.3 Å². The van der Waals surface area contributed by atoms with Gasteiger partial charge in [-0.15, -0.1) is 20.4 Å². The summed E-state index contributed by atoms with van der Waals surface area (Å²) < 4.78 is 2.22. The zero-order valence-electron chi connectivity index (χ0n) is 12.3. The molecule has 0 bridgehead atoms. The van der Waals surface area contributed by atoms with Crippen LogP contribution in [-0.2, 0) is 17.9 Å². The minimum atomic E-state index is -0.0634. The molecular weight excluding hydrogens is 302 g/mol. The van der Waals surface area contributed by atoms with Crippen molar-refractivity contribution < 1.29 is 4.79 Å². The molecule has 4 rings (SSSR count). The van der Waals surface area contributed by atoms with Crippen LogP contribution in [0.1, 0.15) is 35.4 Å². The van der Waals surface area contributed by atoms with Crippen molar-refractivity contribution in [1.82, 2.24) is 29.9 Å². The number of nitrogens with zero attached hydrogens (tertiary/aromatic N) is 6. The summed E-state index contributed by atoms with van der Waals surface area (Å²) in [7, 11) is 0. The zero-order valence-corrected chi connectivity index (χ0v) is 13.1. The van der Waals surface area contributed by atoms with Crippen molar-refractivity contribution in [1.29, 1.82) is 0 Å².